The summed E-state index contributed by atoms with van der Waals surface area (Å²) in [6.45, 7) is 4.65. The van der Waals surface area contributed by atoms with Gasteiger partial charge in [0.05, 0.1) is 11.5 Å². The van der Waals surface area contributed by atoms with Crippen molar-refractivity contribution in [2.45, 2.75) is 38.6 Å². The number of carboxylic acid groups (broad SMARTS) is 1. The van der Waals surface area contributed by atoms with Crippen LogP contribution in [0.3, 0.4) is 0 Å². The van der Waals surface area contributed by atoms with Crippen molar-refractivity contribution in [1.82, 2.24) is 9.80 Å². The van der Waals surface area contributed by atoms with E-state index in [1.165, 1.54) is 0 Å². The van der Waals surface area contributed by atoms with Crippen LogP contribution in [0.25, 0.3) is 11.0 Å². The third-order valence-electron chi connectivity index (χ3n) is 6.57. The van der Waals surface area contributed by atoms with Gasteiger partial charge in [0.2, 0.25) is 5.91 Å². The Labute approximate surface area is 162 Å². The Balaban J connectivity index is 1.57. The Bertz CT molecular complexity index is 984. The van der Waals surface area contributed by atoms with Crippen molar-refractivity contribution in [1.29, 1.82) is 0 Å². The Hall–Kier alpha value is -2.83. The number of piperidine rings is 1. The third kappa shape index (κ3) is 2.60. The number of amides is 2. The van der Waals surface area contributed by atoms with Gasteiger partial charge in [0.1, 0.15) is 5.58 Å². The molecule has 2 aliphatic heterocycles. The molecule has 0 bridgehead atoms. The topological polar surface area (TPSA) is 91.1 Å². The molecule has 2 aliphatic rings. The molecular weight excluding hydrogens is 360 g/mol. The van der Waals surface area contributed by atoms with Crippen LogP contribution in [0.15, 0.2) is 22.6 Å². The summed E-state index contributed by atoms with van der Waals surface area (Å²) in [6.07, 6.45) is 0.939. The van der Waals surface area contributed by atoms with Crippen molar-refractivity contribution >= 4 is 28.8 Å². The maximum atomic E-state index is 13.1. The fourth-order valence-electron chi connectivity index (χ4n) is 4.76. The second-order valence-electron chi connectivity index (χ2n) is 8.00. The lowest BCUT2D eigenvalue weighted by Gasteiger charge is -2.45. The highest BCUT2D eigenvalue weighted by Gasteiger charge is 2.55. The van der Waals surface area contributed by atoms with E-state index in [4.69, 9.17) is 4.42 Å². The smallest absolute Gasteiger partial charge is 0.309 e. The zero-order chi connectivity index (χ0) is 20.2. The number of fused-ring (bicyclic) bond motifs is 1. The van der Waals surface area contributed by atoms with Gasteiger partial charge in [-0.1, -0.05) is 12.1 Å². The highest BCUT2D eigenvalue weighted by atomic mass is 16.4. The fourth-order valence-corrected chi connectivity index (χ4v) is 4.76. The second kappa shape index (κ2) is 6.36. The van der Waals surface area contributed by atoms with Crippen LogP contribution in [-0.4, -0.2) is 58.4 Å². The number of hydrogen-bond donors (Lipinski definition) is 1. The van der Waals surface area contributed by atoms with Crippen LogP contribution in [0.1, 0.15) is 40.9 Å². The minimum Gasteiger partial charge on any atom is -0.481 e. The van der Waals surface area contributed by atoms with Crippen molar-refractivity contribution in [3.63, 3.8) is 0 Å². The summed E-state index contributed by atoms with van der Waals surface area (Å²) in [5, 5.41) is 10.5. The lowest BCUT2D eigenvalue weighted by Crippen LogP contribution is -2.57. The molecule has 7 heteroatoms. The molecule has 2 fully saturated rings. The number of carbonyl (C=O) groups excluding carboxylic acids is 2. The number of nitrogens with zero attached hydrogens (tertiary/aromatic N) is 2. The number of benzene rings is 1. The van der Waals surface area contributed by atoms with Crippen molar-refractivity contribution in [2.75, 3.05) is 20.1 Å². The van der Waals surface area contributed by atoms with Crippen molar-refractivity contribution in [2.24, 2.45) is 5.92 Å². The van der Waals surface area contributed by atoms with Crippen LogP contribution in [0.4, 0.5) is 0 Å². The summed E-state index contributed by atoms with van der Waals surface area (Å²) in [5.74, 6) is -1.66. The molecular formula is C21H24N2O5. The fraction of sp³-hybridized carbons (Fsp3) is 0.476. The van der Waals surface area contributed by atoms with Gasteiger partial charge in [0, 0.05) is 37.5 Å². The van der Waals surface area contributed by atoms with Gasteiger partial charge in [-0.2, -0.15) is 0 Å². The predicted octanol–water partition coefficient (Wildman–Crippen LogP) is 2.59. The number of aliphatic carboxylic acids is 1. The molecule has 2 amide bonds. The molecule has 1 aromatic heterocycles. The lowest BCUT2D eigenvalue weighted by atomic mass is 9.77. The normalized spacial score (nSPS) is 21.7. The highest BCUT2D eigenvalue weighted by molar-refractivity contribution is 5.99. The minimum absolute atomic E-state index is 0.0296. The molecule has 28 heavy (non-hydrogen) atoms. The molecule has 3 heterocycles. The Morgan fingerprint density at radius 3 is 2.54 bits per heavy atom. The lowest BCUT2D eigenvalue weighted by molar-refractivity contribution is -0.145. The van der Waals surface area contributed by atoms with Gasteiger partial charge in [-0.15, -0.1) is 0 Å². The number of aryl methyl sites for hydroxylation is 2. The van der Waals surface area contributed by atoms with E-state index in [1.54, 1.807) is 16.8 Å². The standard InChI is InChI=1S/C21H24N2O5/c1-12-4-5-14-13(2)18(28-16(14)10-12)19(25)23-8-6-21(7-9-23)15(20(26)27)11-17(24)22(21)3/h4-5,10,15H,6-9,11H2,1-3H3,(H,26,27)/t15-/m0/s1. The summed E-state index contributed by atoms with van der Waals surface area (Å²) < 4.78 is 5.86. The molecule has 1 spiro atoms. The van der Waals surface area contributed by atoms with E-state index < -0.39 is 17.4 Å². The minimum atomic E-state index is -0.944. The second-order valence-corrected chi connectivity index (χ2v) is 8.00. The molecule has 148 valence electrons. The Morgan fingerprint density at radius 2 is 1.89 bits per heavy atom. The highest BCUT2D eigenvalue weighted by Crippen LogP contribution is 2.43. The first-order valence-corrected chi connectivity index (χ1v) is 9.53. The van der Waals surface area contributed by atoms with Crippen LogP contribution in [0.2, 0.25) is 0 Å². The first-order chi connectivity index (χ1) is 13.2. The molecule has 1 atom stereocenters. The van der Waals surface area contributed by atoms with Crippen LogP contribution in [-0.2, 0) is 9.59 Å². The summed E-state index contributed by atoms with van der Waals surface area (Å²) in [4.78, 5) is 40.2. The monoisotopic (exact) mass is 384 g/mol. The van der Waals surface area contributed by atoms with Crippen molar-refractivity contribution in [3.8, 4) is 0 Å². The first-order valence-electron chi connectivity index (χ1n) is 9.53. The molecule has 1 N–H and O–H groups in total. The number of rotatable bonds is 2. The zero-order valence-electron chi connectivity index (χ0n) is 16.3. The van der Waals surface area contributed by atoms with Crippen LogP contribution in [0.5, 0.6) is 0 Å². The number of likely N-dealkylation sites (tertiary alicyclic amines) is 2. The quantitative estimate of drug-likeness (QED) is 0.859. The van der Waals surface area contributed by atoms with Gasteiger partial charge in [-0.05, 0) is 38.3 Å². The van der Waals surface area contributed by atoms with E-state index >= 15 is 0 Å². The van der Waals surface area contributed by atoms with Gasteiger partial charge < -0.3 is 19.3 Å². The molecule has 0 aliphatic carbocycles. The third-order valence-corrected chi connectivity index (χ3v) is 6.57. The Morgan fingerprint density at radius 1 is 1.21 bits per heavy atom. The summed E-state index contributed by atoms with van der Waals surface area (Å²) in [7, 11) is 1.68. The van der Waals surface area contributed by atoms with Crippen LogP contribution < -0.4 is 0 Å². The maximum absolute atomic E-state index is 13.1. The largest absolute Gasteiger partial charge is 0.481 e. The molecule has 4 rings (SSSR count). The molecule has 7 nitrogen and oxygen atoms in total. The van der Waals surface area contributed by atoms with Gasteiger partial charge in [-0.3, -0.25) is 14.4 Å². The van der Waals surface area contributed by atoms with Crippen LogP contribution >= 0.6 is 0 Å². The molecule has 2 aromatic rings. The van der Waals surface area contributed by atoms with E-state index in [1.807, 2.05) is 32.0 Å². The maximum Gasteiger partial charge on any atom is 0.309 e. The number of furan rings is 1. The first kappa shape index (κ1) is 18.5. The van der Waals surface area contributed by atoms with Crippen molar-refractivity contribution < 1.29 is 23.9 Å². The van der Waals surface area contributed by atoms with Gasteiger partial charge in [-0.25, -0.2) is 0 Å². The van der Waals surface area contributed by atoms with Gasteiger partial charge >= 0.3 is 5.97 Å². The predicted molar refractivity (Wildman–Crippen MR) is 102 cm³/mol. The van der Waals surface area contributed by atoms with Crippen molar-refractivity contribution in [3.05, 3.63) is 35.1 Å². The van der Waals surface area contributed by atoms with E-state index in [0.29, 0.717) is 37.3 Å². The molecule has 0 unspecified atom stereocenters. The number of hydrogen-bond acceptors (Lipinski definition) is 4. The zero-order valence-corrected chi connectivity index (χ0v) is 16.3. The SMILES string of the molecule is Cc1ccc2c(C)c(C(=O)N3CCC4(CC3)[C@H](C(=O)O)CC(=O)N4C)oc2c1. The van der Waals surface area contributed by atoms with E-state index in [9.17, 15) is 19.5 Å². The average molecular weight is 384 g/mol. The molecule has 0 saturated carbocycles. The number of carbonyl (C=O) groups is 3. The van der Waals surface area contributed by atoms with Crippen LogP contribution in [0, 0.1) is 19.8 Å². The van der Waals surface area contributed by atoms with E-state index in [-0.39, 0.29) is 18.2 Å². The molecule has 0 radical (unpaired) electrons. The molecule has 1 aromatic carbocycles. The van der Waals surface area contributed by atoms with Gasteiger partial charge in [0.15, 0.2) is 5.76 Å². The summed E-state index contributed by atoms with van der Waals surface area (Å²) >= 11 is 0. The number of carboxylic acids is 1. The summed E-state index contributed by atoms with van der Waals surface area (Å²) in [5.41, 5.74) is 1.87. The Kier molecular flexibility index (Phi) is 4.21. The average Bonchev–Trinajstić information content (AvgIpc) is 3.11. The van der Waals surface area contributed by atoms with E-state index in [2.05, 4.69) is 0 Å². The van der Waals surface area contributed by atoms with Gasteiger partial charge in [0.25, 0.3) is 5.91 Å². The van der Waals surface area contributed by atoms with E-state index in [0.717, 1.165) is 16.5 Å². The summed E-state index contributed by atoms with van der Waals surface area (Å²) in [6, 6.07) is 5.87. The molecule has 2 saturated heterocycles.